The van der Waals surface area contributed by atoms with E-state index < -0.39 is 0 Å². The number of carbonyl (C=O) groups excluding carboxylic acids is 1. The molecular formula is C14H10ClIO. The fourth-order valence-corrected chi connectivity index (χ4v) is 2.23. The molecule has 0 bridgehead atoms. The molecule has 3 heteroatoms. The van der Waals surface area contributed by atoms with Gasteiger partial charge in [0.25, 0.3) is 0 Å². The summed E-state index contributed by atoms with van der Waals surface area (Å²) >= 11 is 8.22. The average molecular weight is 357 g/mol. The molecule has 0 aliphatic carbocycles. The fourth-order valence-electron chi connectivity index (χ4n) is 1.53. The Labute approximate surface area is 119 Å². The molecule has 0 saturated carbocycles. The molecule has 0 N–H and O–H groups in total. The quantitative estimate of drug-likeness (QED) is 0.572. The molecule has 0 saturated heterocycles. The van der Waals surface area contributed by atoms with E-state index in [1.54, 1.807) is 6.07 Å². The summed E-state index contributed by atoms with van der Waals surface area (Å²) in [4.78, 5) is 12.2. The highest BCUT2D eigenvalue weighted by Crippen LogP contribution is 2.22. The molecule has 86 valence electrons. The van der Waals surface area contributed by atoms with Gasteiger partial charge in [-0.1, -0.05) is 41.4 Å². The Balaban J connectivity index is 2.43. The average Bonchev–Trinajstić information content (AvgIpc) is 2.32. The van der Waals surface area contributed by atoms with Crippen LogP contribution in [-0.4, -0.2) is 5.78 Å². The molecule has 0 amide bonds. The van der Waals surface area contributed by atoms with Crippen LogP contribution in [0, 0.1) is 10.5 Å². The maximum atomic E-state index is 12.2. The third-order valence-electron chi connectivity index (χ3n) is 2.49. The number of halogens is 2. The first kappa shape index (κ1) is 12.6. The highest BCUT2D eigenvalue weighted by atomic mass is 127. The number of rotatable bonds is 2. The number of aryl methyl sites for hydroxylation is 1. The minimum absolute atomic E-state index is 0.0338. The highest BCUT2D eigenvalue weighted by Gasteiger charge is 2.12. The Bertz CT molecular complexity index is 561. The maximum absolute atomic E-state index is 12.2. The first-order chi connectivity index (χ1) is 8.08. The van der Waals surface area contributed by atoms with Crippen molar-refractivity contribution in [3.8, 4) is 0 Å². The van der Waals surface area contributed by atoms with Crippen molar-refractivity contribution in [3.63, 3.8) is 0 Å². The molecule has 0 aliphatic rings. The van der Waals surface area contributed by atoms with Gasteiger partial charge in [-0.2, -0.15) is 0 Å². The third kappa shape index (κ3) is 2.87. The molecule has 2 rings (SSSR count). The van der Waals surface area contributed by atoms with Gasteiger partial charge in [0.05, 0.1) is 5.02 Å². The molecule has 2 aromatic rings. The van der Waals surface area contributed by atoms with Gasteiger partial charge in [-0.25, -0.2) is 0 Å². The highest BCUT2D eigenvalue weighted by molar-refractivity contribution is 14.1. The summed E-state index contributed by atoms with van der Waals surface area (Å²) in [7, 11) is 0. The number of ketones is 1. The molecule has 0 radical (unpaired) electrons. The zero-order valence-electron chi connectivity index (χ0n) is 9.21. The minimum atomic E-state index is -0.0338. The minimum Gasteiger partial charge on any atom is -0.289 e. The molecule has 2 aromatic carbocycles. The summed E-state index contributed by atoms with van der Waals surface area (Å²) < 4.78 is 1.00. The van der Waals surface area contributed by atoms with Gasteiger partial charge in [0.2, 0.25) is 0 Å². The van der Waals surface area contributed by atoms with Crippen molar-refractivity contribution in [3.05, 3.63) is 67.7 Å². The third-order valence-corrected chi connectivity index (χ3v) is 3.49. The molecule has 0 aliphatic heterocycles. The van der Waals surface area contributed by atoms with Gasteiger partial charge in [-0.15, -0.1) is 0 Å². The molecule has 0 spiro atoms. The lowest BCUT2D eigenvalue weighted by atomic mass is 10.0. The number of hydrogen-bond donors (Lipinski definition) is 0. The zero-order chi connectivity index (χ0) is 12.4. The Morgan fingerprint density at radius 3 is 2.41 bits per heavy atom. The number of carbonyl (C=O) groups is 1. The Morgan fingerprint density at radius 2 is 1.76 bits per heavy atom. The van der Waals surface area contributed by atoms with E-state index in [4.69, 9.17) is 11.6 Å². The molecule has 17 heavy (non-hydrogen) atoms. The summed E-state index contributed by atoms with van der Waals surface area (Å²) in [6, 6.07) is 13.0. The van der Waals surface area contributed by atoms with Crippen molar-refractivity contribution in [2.45, 2.75) is 6.92 Å². The second kappa shape index (κ2) is 5.19. The summed E-state index contributed by atoms with van der Waals surface area (Å²) in [6.45, 7) is 1.99. The Hall–Kier alpha value is -0.870. The number of hydrogen-bond acceptors (Lipinski definition) is 1. The van der Waals surface area contributed by atoms with Crippen LogP contribution in [0.1, 0.15) is 21.5 Å². The molecule has 0 unspecified atom stereocenters. The molecular weight excluding hydrogens is 347 g/mol. The summed E-state index contributed by atoms with van der Waals surface area (Å²) in [5.41, 5.74) is 2.36. The predicted molar refractivity (Wildman–Crippen MR) is 78.8 cm³/mol. The topological polar surface area (TPSA) is 17.1 Å². The lowest BCUT2D eigenvalue weighted by molar-refractivity contribution is 0.103. The van der Waals surface area contributed by atoms with Gasteiger partial charge >= 0.3 is 0 Å². The maximum Gasteiger partial charge on any atom is 0.194 e. The van der Waals surface area contributed by atoms with Crippen molar-refractivity contribution in [2.75, 3.05) is 0 Å². The van der Waals surface area contributed by atoms with Crippen LogP contribution in [0.15, 0.2) is 42.5 Å². The largest absolute Gasteiger partial charge is 0.289 e. The lowest BCUT2D eigenvalue weighted by Gasteiger charge is -2.04. The lowest BCUT2D eigenvalue weighted by Crippen LogP contribution is -2.02. The summed E-state index contributed by atoms with van der Waals surface area (Å²) in [6.07, 6.45) is 0. The van der Waals surface area contributed by atoms with Crippen molar-refractivity contribution in [1.29, 1.82) is 0 Å². The molecule has 0 aromatic heterocycles. The van der Waals surface area contributed by atoms with Crippen LogP contribution in [0.25, 0.3) is 0 Å². The second-order valence-corrected chi connectivity index (χ2v) is 5.47. The smallest absolute Gasteiger partial charge is 0.194 e. The van der Waals surface area contributed by atoms with Crippen LogP contribution in [0.3, 0.4) is 0 Å². The normalized spacial score (nSPS) is 10.3. The van der Waals surface area contributed by atoms with Crippen LogP contribution in [0.2, 0.25) is 5.02 Å². The second-order valence-electron chi connectivity index (χ2n) is 3.82. The SMILES string of the molecule is Cc1ccc(C(=O)c2cc(I)ccc2Cl)cc1. The van der Waals surface area contributed by atoms with E-state index >= 15 is 0 Å². The van der Waals surface area contributed by atoms with E-state index in [0.29, 0.717) is 16.1 Å². The molecule has 1 nitrogen and oxygen atoms in total. The predicted octanol–water partition coefficient (Wildman–Crippen LogP) is 4.48. The van der Waals surface area contributed by atoms with E-state index in [0.717, 1.165) is 9.13 Å². The van der Waals surface area contributed by atoms with Crippen molar-refractivity contribution >= 4 is 40.0 Å². The first-order valence-electron chi connectivity index (χ1n) is 5.14. The van der Waals surface area contributed by atoms with Gasteiger partial charge in [0.1, 0.15) is 0 Å². The van der Waals surface area contributed by atoms with Crippen molar-refractivity contribution < 1.29 is 4.79 Å². The summed E-state index contributed by atoms with van der Waals surface area (Å²) in [5.74, 6) is -0.0338. The van der Waals surface area contributed by atoms with E-state index in [1.807, 2.05) is 43.3 Å². The van der Waals surface area contributed by atoms with Gasteiger partial charge in [-0.05, 0) is 47.7 Å². The van der Waals surface area contributed by atoms with E-state index in [9.17, 15) is 4.79 Å². The standard InChI is InChI=1S/C14H10ClIO/c1-9-2-4-10(5-3-9)14(17)12-8-11(16)6-7-13(12)15/h2-8H,1H3. The van der Waals surface area contributed by atoms with Crippen LogP contribution in [-0.2, 0) is 0 Å². The van der Waals surface area contributed by atoms with Gasteiger partial charge in [0, 0.05) is 14.7 Å². The van der Waals surface area contributed by atoms with Crippen LogP contribution in [0.5, 0.6) is 0 Å². The molecule has 0 atom stereocenters. The Morgan fingerprint density at radius 1 is 1.12 bits per heavy atom. The summed E-state index contributed by atoms with van der Waals surface area (Å²) in [5, 5.41) is 0.496. The number of benzene rings is 2. The molecule has 0 fully saturated rings. The van der Waals surface area contributed by atoms with Crippen LogP contribution < -0.4 is 0 Å². The van der Waals surface area contributed by atoms with Gasteiger partial charge < -0.3 is 0 Å². The van der Waals surface area contributed by atoms with Crippen LogP contribution >= 0.6 is 34.2 Å². The van der Waals surface area contributed by atoms with Gasteiger partial charge in [-0.3, -0.25) is 4.79 Å². The van der Waals surface area contributed by atoms with E-state index in [2.05, 4.69) is 22.6 Å². The zero-order valence-corrected chi connectivity index (χ0v) is 12.1. The Kier molecular flexibility index (Phi) is 3.84. The van der Waals surface area contributed by atoms with Crippen molar-refractivity contribution in [2.24, 2.45) is 0 Å². The first-order valence-corrected chi connectivity index (χ1v) is 6.60. The van der Waals surface area contributed by atoms with Gasteiger partial charge in [0.15, 0.2) is 5.78 Å². The fraction of sp³-hybridized carbons (Fsp3) is 0.0714. The van der Waals surface area contributed by atoms with E-state index in [-0.39, 0.29) is 5.78 Å². The monoisotopic (exact) mass is 356 g/mol. The van der Waals surface area contributed by atoms with Crippen molar-refractivity contribution in [1.82, 2.24) is 0 Å². The molecule has 0 heterocycles. The van der Waals surface area contributed by atoms with E-state index in [1.165, 1.54) is 0 Å². The van der Waals surface area contributed by atoms with Crippen LogP contribution in [0.4, 0.5) is 0 Å².